The Labute approximate surface area is 261 Å². The summed E-state index contributed by atoms with van der Waals surface area (Å²) < 4.78 is 11.0. The van der Waals surface area contributed by atoms with Crippen molar-refractivity contribution >= 4 is 23.9 Å². The number of aryl methyl sites for hydroxylation is 1. The summed E-state index contributed by atoms with van der Waals surface area (Å²) in [6.45, 7) is 15.1. The Morgan fingerprint density at radius 1 is 0.841 bits per heavy atom. The number of carbonyl (C=O) groups excluding carboxylic acids is 4. The molecule has 10 nitrogen and oxygen atoms in total. The van der Waals surface area contributed by atoms with Crippen LogP contribution in [0.3, 0.4) is 0 Å². The fraction of sp³-hybridized carbons (Fsp3) is 0.529. The highest BCUT2D eigenvalue weighted by Gasteiger charge is 2.40. The molecule has 2 rings (SSSR count). The van der Waals surface area contributed by atoms with Crippen LogP contribution in [0.15, 0.2) is 54.6 Å². The van der Waals surface area contributed by atoms with E-state index >= 15 is 0 Å². The molecular formula is C34H49N3O7. The number of ether oxygens (including phenoxy) is 2. The number of alkyl carbamates (subject to hydrolysis) is 1. The first-order valence-corrected chi connectivity index (χ1v) is 15.0. The SMILES string of the molecule is CCC(C)N(C(=O)C(CO)NC(=O)OC(C)(C)C)C(C(=O)NC(Cc1ccccc1)C(=O)OC(C)(C)C)c1ccccc1C. The van der Waals surface area contributed by atoms with E-state index in [1.807, 2.05) is 56.3 Å². The molecule has 2 aromatic carbocycles. The Bertz CT molecular complexity index is 1270. The molecule has 0 aromatic heterocycles. The van der Waals surface area contributed by atoms with Crippen LogP contribution in [0.4, 0.5) is 4.79 Å². The molecule has 0 saturated heterocycles. The normalized spacial score (nSPS) is 14.4. The highest BCUT2D eigenvalue weighted by Crippen LogP contribution is 2.29. The Morgan fingerprint density at radius 3 is 1.93 bits per heavy atom. The van der Waals surface area contributed by atoms with E-state index in [1.165, 1.54) is 4.90 Å². The number of hydrogen-bond acceptors (Lipinski definition) is 7. The molecule has 0 aliphatic heterocycles. The number of hydrogen-bond donors (Lipinski definition) is 3. The summed E-state index contributed by atoms with van der Waals surface area (Å²) in [6, 6.07) is 12.3. The van der Waals surface area contributed by atoms with Crippen LogP contribution in [0.25, 0.3) is 0 Å². The van der Waals surface area contributed by atoms with Crippen LogP contribution in [-0.4, -0.2) is 69.8 Å². The van der Waals surface area contributed by atoms with Crippen molar-refractivity contribution in [3.63, 3.8) is 0 Å². The van der Waals surface area contributed by atoms with Crippen LogP contribution in [0.1, 0.15) is 84.5 Å². The van der Waals surface area contributed by atoms with E-state index in [0.29, 0.717) is 12.0 Å². The Kier molecular flexibility index (Phi) is 12.9. The fourth-order valence-electron chi connectivity index (χ4n) is 4.59. The first-order chi connectivity index (χ1) is 20.5. The van der Waals surface area contributed by atoms with Crippen molar-refractivity contribution in [3.05, 3.63) is 71.3 Å². The molecule has 4 unspecified atom stereocenters. The van der Waals surface area contributed by atoms with E-state index in [2.05, 4.69) is 10.6 Å². The Hall–Kier alpha value is -3.92. The zero-order valence-electron chi connectivity index (χ0n) is 27.5. The number of rotatable bonds is 12. The lowest BCUT2D eigenvalue weighted by Gasteiger charge is -2.39. The molecule has 10 heteroatoms. The molecule has 0 spiro atoms. The number of nitrogens with zero attached hydrogens (tertiary/aromatic N) is 1. The van der Waals surface area contributed by atoms with Crippen molar-refractivity contribution < 1.29 is 33.8 Å². The second-order valence-electron chi connectivity index (χ2n) is 12.9. The van der Waals surface area contributed by atoms with Gasteiger partial charge in [0.2, 0.25) is 11.8 Å². The number of aliphatic hydroxyl groups excluding tert-OH is 1. The van der Waals surface area contributed by atoms with Crippen molar-refractivity contribution in [3.8, 4) is 0 Å². The standard InChI is InChI=1S/C34H49N3O7/c1-10-23(3)37(30(40)27(21-38)36-32(42)44-34(7,8)9)28(25-19-15-14-16-22(25)2)29(39)35-26(31(41)43-33(4,5)6)20-24-17-12-11-13-18-24/h11-19,23,26-28,38H,10,20-21H2,1-9H3,(H,35,39)(H,36,42). The van der Waals surface area contributed by atoms with Gasteiger partial charge in [-0.1, -0.05) is 61.5 Å². The topological polar surface area (TPSA) is 134 Å². The van der Waals surface area contributed by atoms with Gasteiger partial charge in [-0.25, -0.2) is 9.59 Å². The van der Waals surface area contributed by atoms with Gasteiger partial charge in [-0.05, 0) is 78.5 Å². The van der Waals surface area contributed by atoms with Crippen molar-refractivity contribution in [1.29, 1.82) is 0 Å². The second kappa shape index (κ2) is 15.7. The molecule has 3 N–H and O–H groups in total. The zero-order valence-corrected chi connectivity index (χ0v) is 27.5. The molecule has 0 aliphatic rings. The Balaban J connectivity index is 2.59. The van der Waals surface area contributed by atoms with Gasteiger partial charge in [-0.3, -0.25) is 9.59 Å². The molecule has 242 valence electrons. The lowest BCUT2D eigenvalue weighted by atomic mass is 9.95. The van der Waals surface area contributed by atoms with Crippen molar-refractivity contribution in [2.24, 2.45) is 0 Å². The smallest absolute Gasteiger partial charge is 0.408 e. The second-order valence-corrected chi connectivity index (χ2v) is 12.9. The number of amides is 3. The zero-order chi connectivity index (χ0) is 33.2. The van der Waals surface area contributed by atoms with Gasteiger partial charge in [0.15, 0.2) is 0 Å². The van der Waals surface area contributed by atoms with Crippen molar-refractivity contribution in [1.82, 2.24) is 15.5 Å². The summed E-state index contributed by atoms with van der Waals surface area (Å²) in [5, 5.41) is 15.5. The molecule has 3 amide bonds. The van der Waals surface area contributed by atoms with Crippen LogP contribution in [0.2, 0.25) is 0 Å². The average Bonchev–Trinajstić information content (AvgIpc) is 2.92. The lowest BCUT2D eigenvalue weighted by Crippen LogP contribution is -2.58. The Morgan fingerprint density at radius 2 is 1.41 bits per heavy atom. The molecule has 0 aliphatic carbocycles. The third-order valence-corrected chi connectivity index (χ3v) is 6.79. The van der Waals surface area contributed by atoms with Crippen LogP contribution in [-0.2, 0) is 30.3 Å². The molecule has 0 saturated carbocycles. The molecule has 44 heavy (non-hydrogen) atoms. The fourth-order valence-corrected chi connectivity index (χ4v) is 4.59. The van der Waals surface area contributed by atoms with Crippen LogP contribution >= 0.6 is 0 Å². The molecular weight excluding hydrogens is 562 g/mol. The largest absolute Gasteiger partial charge is 0.458 e. The van der Waals surface area contributed by atoms with Gasteiger partial charge in [-0.15, -0.1) is 0 Å². The predicted octanol–water partition coefficient (Wildman–Crippen LogP) is 4.62. The quantitative estimate of drug-likeness (QED) is 0.298. The highest BCUT2D eigenvalue weighted by atomic mass is 16.6. The minimum atomic E-state index is -1.39. The van der Waals surface area contributed by atoms with Crippen LogP contribution in [0, 0.1) is 6.92 Å². The summed E-state index contributed by atoms with van der Waals surface area (Å²) in [5.74, 6) is -1.89. The third-order valence-electron chi connectivity index (χ3n) is 6.79. The monoisotopic (exact) mass is 611 g/mol. The summed E-state index contributed by atoms with van der Waals surface area (Å²) in [7, 11) is 0. The van der Waals surface area contributed by atoms with Crippen LogP contribution in [0.5, 0.6) is 0 Å². The minimum absolute atomic E-state index is 0.165. The highest BCUT2D eigenvalue weighted by molar-refractivity contribution is 5.94. The number of benzene rings is 2. The molecule has 0 heterocycles. The number of aliphatic hydroxyl groups is 1. The molecule has 0 radical (unpaired) electrons. The van der Waals surface area contributed by atoms with Gasteiger partial charge >= 0.3 is 12.1 Å². The summed E-state index contributed by atoms with van der Waals surface area (Å²) >= 11 is 0. The van der Waals surface area contributed by atoms with E-state index in [0.717, 1.165) is 11.1 Å². The molecule has 2 aromatic rings. The first-order valence-electron chi connectivity index (χ1n) is 15.0. The number of nitrogens with one attached hydrogen (secondary N) is 2. The van der Waals surface area contributed by atoms with Gasteiger partial charge in [-0.2, -0.15) is 0 Å². The maximum absolute atomic E-state index is 14.4. The van der Waals surface area contributed by atoms with Gasteiger partial charge < -0.3 is 30.1 Å². The van der Waals surface area contributed by atoms with Crippen LogP contribution < -0.4 is 10.6 Å². The van der Waals surface area contributed by atoms with Gasteiger partial charge in [0.1, 0.15) is 29.3 Å². The number of esters is 1. The maximum atomic E-state index is 14.4. The average molecular weight is 612 g/mol. The van der Waals surface area contributed by atoms with Crippen molar-refractivity contribution in [2.75, 3.05) is 6.61 Å². The predicted molar refractivity (Wildman–Crippen MR) is 169 cm³/mol. The van der Waals surface area contributed by atoms with E-state index < -0.39 is 65.9 Å². The minimum Gasteiger partial charge on any atom is -0.458 e. The van der Waals surface area contributed by atoms with Gasteiger partial charge in [0.05, 0.1) is 6.61 Å². The van der Waals surface area contributed by atoms with Crippen molar-refractivity contribution in [2.45, 2.75) is 111 Å². The van der Waals surface area contributed by atoms with E-state index in [1.54, 1.807) is 60.6 Å². The van der Waals surface area contributed by atoms with E-state index in [9.17, 15) is 24.3 Å². The van der Waals surface area contributed by atoms with E-state index in [4.69, 9.17) is 9.47 Å². The first kappa shape index (κ1) is 36.3. The van der Waals surface area contributed by atoms with E-state index in [-0.39, 0.29) is 6.42 Å². The van der Waals surface area contributed by atoms with Gasteiger partial charge in [0, 0.05) is 12.5 Å². The van der Waals surface area contributed by atoms with Gasteiger partial charge in [0.25, 0.3) is 0 Å². The molecule has 0 bridgehead atoms. The number of carbonyl (C=O) groups is 4. The summed E-state index contributed by atoms with van der Waals surface area (Å²) in [5.41, 5.74) is 0.462. The summed E-state index contributed by atoms with van der Waals surface area (Å²) in [4.78, 5) is 55.8. The third kappa shape index (κ3) is 11.0. The maximum Gasteiger partial charge on any atom is 0.408 e. The summed E-state index contributed by atoms with van der Waals surface area (Å²) in [6.07, 6.45) is -0.247. The lowest BCUT2D eigenvalue weighted by molar-refractivity contribution is -0.159. The molecule has 4 atom stereocenters. The molecule has 0 fully saturated rings.